The lowest BCUT2D eigenvalue weighted by atomic mass is 10.1. The average molecular weight is 370 g/mol. The molecule has 26 heavy (non-hydrogen) atoms. The molecule has 0 aliphatic heterocycles. The molecule has 1 aromatic heterocycles. The zero-order chi connectivity index (χ0) is 19.3. The molecular weight excluding hydrogens is 338 g/mol. The van der Waals surface area contributed by atoms with Crippen molar-refractivity contribution in [2.24, 2.45) is 0 Å². The minimum atomic E-state index is -1.79. The van der Waals surface area contributed by atoms with Crippen molar-refractivity contribution in [2.75, 3.05) is 13.9 Å². The largest absolute Gasteiger partial charge is 0.468 e. The van der Waals surface area contributed by atoms with Crippen LogP contribution in [0.5, 0.6) is 5.75 Å². The molecule has 0 saturated heterocycles. The lowest BCUT2D eigenvalue weighted by molar-refractivity contribution is 0.0512. The Balaban J connectivity index is 2.61. The Bertz CT molecular complexity index is 781. The van der Waals surface area contributed by atoms with E-state index in [9.17, 15) is 0 Å². The SMILES string of the molecule is COCOc1cc(C#C[Si](C(C)C)(C(C)C)C(C)C)c2ncccc2c1. The Hall–Kier alpha value is -1.83. The van der Waals surface area contributed by atoms with Gasteiger partial charge in [0, 0.05) is 18.7 Å². The third kappa shape index (κ3) is 4.11. The van der Waals surface area contributed by atoms with E-state index in [-0.39, 0.29) is 6.79 Å². The van der Waals surface area contributed by atoms with Crippen LogP contribution in [-0.2, 0) is 4.74 Å². The second-order valence-electron chi connectivity index (χ2n) is 7.74. The van der Waals surface area contributed by atoms with E-state index >= 15 is 0 Å². The highest BCUT2D eigenvalue weighted by molar-refractivity contribution is 6.90. The molecule has 2 rings (SSSR count). The van der Waals surface area contributed by atoms with Crippen molar-refractivity contribution < 1.29 is 9.47 Å². The molecule has 0 spiro atoms. The third-order valence-electron chi connectivity index (χ3n) is 5.30. The Morgan fingerprint density at radius 1 is 1.04 bits per heavy atom. The summed E-state index contributed by atoms with van der Waals surface area (Å²) in [6, 6.07) is 7.96. The number of ether oxygens (including phenoxy) is 2. The molecule has 0 radical (unpaired) electrons. The number of aromatic nitrogens is 1. The predicted molar refractivity (Wildman–Crippen MR) is 112 cm³/mol. The van der Waals surface area contributed by atoms with Gasteiger partial charge in [0.1, 0.15) is 13.8 Å². The van der Waals surface area contributed by atoms with E-state index in [0.29, 0.717) is 16.6 Å². The monoisotopic (exact) mass is 369 g/mol. The smallest absolute Gasteiger partial charge is 0.188 e. The van der Waals surface area contributed by atoms with Gasteiger partial charge in [-0.2, -0.15) is 0 Å². The van der Waals surface area contributed by atoms with Crippen LogP contribution in [-0.4, -0.2) is 27.0 Å². The molecule has 0 aliphatic carbocycles. The second kappa shape index (κ2) is 8.70. The molecule has 0 aliphatic rings. The second-order valence-corrected chi connectivity index (χ2v) is 13.3. The van der Waals surface area contributed by atoms with Crippen molar-refractivity contribution >= 4 is 19.0 Å². The maximum absolute atomic E-state index is 5.67. The van der Waals surface area contributed by atoms with Crippen LogP contribution in [0, 0.1) is 11.5 Å². The zero-order valence-corrected chi connectivity index (χ0v) is 18.1. The molecule has 0 fully saturated rings. The van der Waals surface area contributed by atoms with Gasteiger partial charge in [-0.1, -0.05) is 53.5 Å². The lowest BCUT2D eigenvalue weighted by Gasteiger charge is -2.38. The number of hydrogen-bond donors (Lipinski definition) is 0. The maximum atomic E-state index is 5.67. The van der Waals surface area contributed by atoms with Crippen LogP contribution in [0.15, 0.2) is 30.5 Å². The maximum Gasteiger partial charge on any atom is 0.188 e. The summed E-state index contributed by atoms with van der Waals surface area (Å²) in [6.07, 6.45) is 1.82. The fraction of sp³-hybridized carbons (Fsp3) is 0.500. The van der Waals surface area contributed by atoms with Crippen LogP contribution in [0.1, 0.15) is 47.1 Å². The van der Waals surface area contributed by atoms with E-state index in [1.165, 1.54) is 0 Å². The van der Waals surface area contributed by atoms with Crippen LogP contribution in [0.25, 0.3) is 10.9 Å². The predicted octanol–water partition coefficient (Wildman–Crippen LogP) is 5.79. The first-order valence-electron chi connectivity index (χ1n) is 9.36. The van der Waals surface area contributed by atoms with Crippen LogP contribution in [0.3, 0.4) is 0 Å². The van der Waals surface area contributed by atoms with Crippen LogP contribution in [0.4, 0.5) is 0 Å². The molecule has 140 valence electrons. The first-order valence-corrected chi connectivity index (χ1v) is 11.6. The normalized spacial score (nSPS) is 11.9. The van der Waals surface area contributed by atoms with Crippen molar-refractivity contribution in [1.82, 2.24) is 4.98 Å². The summed E-state index contributed by atoms with van der Waals surface area (Å²) >= 11 is 0. The number of nitrogens with zero attached hydrogens (tertiary/aromatic N) is 1. The summed E-state index contributed by atoms with van der Waals surface area (Å²) in [5.74, 6) is 4.28. The van der Waals surface area contributed by atoms with E-state index in [1.807, 2.05) is 30.5 Å². The van der Waals surface area contributed by atoms with Crippen LogP contribution in [0.2, 0.25) is 16.6 Å². The van der Waals surface area contributed by atoms with Crippen LogP contribution < -0.4 is 4.74 Å². The summed E-state index contributed by atoms with van der Waals surface area (Å²) in [6.45, 7) is 14.2. The Morgan fingerprint density at radius 2 is 1.69 bits per heavy atom. The lowest BCUT2D eigenvalue weighted by Crippen LogP contribution is -2.43. The molecule has 0 bridgehead atoms. The molecule has 1 aromatic carbocycles. The Labute approximate surface area is 159 Å². The first-order chi connectivity index (χ1) is 12.3. The number of methoxy groups -OCH3 is 1. The highest BCUT2D eigenvalue weighted by Gasteiger charge is 2.41. The minimum absolute atomic E-state index is 0.224. The first kappa shape index (κ1) is 20.5. The van der Waals surface area contributed by atoms with Gasteiger partial charge in [-0.3, -0.25) is 4.98 Å². The van der Waals surface area contributed by atoms with Gasteiger partial charge in [-0.05, 0) is 34.8 Å². The zero-order valence-electron chi connectivity index (χ0n) is 17.1. The van der Waals surface area contributed by atoms with E-state index in [2.05, 4.69) is 58.0 Å². The third-order valence-corrected chi connectivity index (χ3v) is 11.6. The molecule has 2 aromatic rings. The average Bonchev–Trinajstić information content (AvgIpc) is 2.59. The Morgan fingerprint density at radius 3 is 2.27 bits per heavy atom. The molecule has 0 amide bonds. The van der Waals surface area contributed by atoms with Crippen molar-refractivity contribution in [3.05, 3.63) is 36.0 Å². The summed E-state index contributed by atoms with van der Waals surface area (Å²) in [4.78, 5) is 4.56. The number of fused-ring (bicyclic) bond motifs is 1. The summed E-state index contributed by atoms with van der Waals surface area (Å²) in [7, 11) is -0.173. The summed E-state index contributed by atoms with van der Waals surface area (Å²) < 4.78 is 10.7. The van der Waals surface area contributed by atoms with Crippen molar-refractivity contribution in [3.8, 4) is 17.2 Å². The highest BCUT2D eigenvalue weighted by atomic mass is 28.3. The van der Waals surface area contributed by atoms with E-state index < -0.39 is 8.07 Å². The van der Waals surface area contributed by atoms with E-state index in [1.54, 1.807) is 7.11 Å². The van der Waals surface area contributed by atoms with Crippen molar-refractivity contribution in [1.29, 1.82) is 0 Å². The van der Waals surface area contributed by atoms with Gasteiger partial charge >= 0.3 is 0 Å². The molecule has 0 saturated carbocycles. The topological polar surface area (TPSA) is 31.4 Å². The van der Waals surface area contributed by atoms with Gasteiger partial charge in [0.2, 0.25) is 0 Å². The van der Waals surface area contributed by atoms with Gasteiger partial charge in [-0.25, -0.2) is 0 Å². The summed E-state index contributed by atoms with van der Waals surface area (Å²) in [5.41, 5.74) is 7.46. The Kier molecular flexibility index (Phi) is 6.85. The molecule has 0 atom stereocenters. The van der Waals surface area contributed by atoms with Gasteiger partial charge in [0.15, 0.2) is 6.79 Å². The minimum Gasteiger partial charge on any atom is -0.468 e. The van der Waals surface area contributed by atoms with Gasteiger partial charge in [0.05, 0.1) is 11.1 Å². The molecular formula is C22H31NO2Si. The number of hydrogen-bond acceptors (Lipinski definition) is 3. The van der Waals surface area contributed by atoms with Gasteiger partial charge < -0.3 is 9.47 Å². The highest BCUT2D eigenvalue weighted by Crippen LogP contribution is 2.41. The standard InChI is InChI=1S/C22H31NO2Si/c1-16(2)26(17(3)4,18(5)6)12-10-20-14-21(25-15-24-7)13-19-9-8-11-23-22(19)20/h8-9,11,13-14,16-18H,15H2,1-7H3. The van der Waals surface area contributed by atoms with Crippen molar-refractivity contribution in [3.63, 3.8) is 0 Å². The van der Waals surface area contributed by atoms with Gasteiger partial charge in [-0.15, -0.1) is 5.54 Å². The number of rotatable bonds is 6. The number of pyridine rings is 1. The molecule has 4 heteroatoms. The van der Waals surface area contributed by atoms with E-state index in [4.69, 9.17) is 9.47 Å². The molecule has 0 N–H and O–H groups in total. The molecule has 0 unspecified atom stereocenters. The van der Waals surface area contributed by atoms with E-state index in [0.717, 1.165) is 22.2 Å². The fourth-order valence-electron chi connectivity index (χ4n) is 4.08. The molecule has 1 heterocycles. The molecule has 3 nitrogen and oxygen atoms in total. The van der Waals surface area contributed by atoms with Crippen LogP contribution >= 0.6 is 0 Å². The summed E-state index contributed by atoms with van der Waals surface area (Å²) in [5, 5.41) is 1.04. The van der Waals surface area contributed by atoms with Crippen molar-refractivity contribution in [2.45, 2.75) is 58.2 Å². The van der Waals surface area contributed by atoms with Gasteiger partial charge in [0.25, 0.3) is 0 Å². The number of benzene rings is 1. The quantitative estimate of drug-likeness (QED) is 0.367. The fourth-order valence-corrected chi connectivity index (χ4v) is 9.30.